The molecule has 19 heteroatoms. The van der Waals surface area contributed by atoms with Crippen LogP contribution in [0, 0.1) is 0 Å². The summed E-state index contributed by atoms with van der Waals surface area (Å²) in [5, 5.41) is 2.52. The number of hydrogen-bond acceptors (Lipinski definition) is 17. The zero-order valence-corrected chi connectivity index (χ0v) is 46.7. The van der Waals surface area contributed by atoms with E-state index in [1.54, 1.807) is 0 Å². The molecule has 2 fully saturated rings. The summed E-state index contributed by atoms with van der Waals surface area (Å²) in [6.45, 7) is 17.7. The van der Waals surface area contributed by atoms with Crippen molar-refractivity contribution in [2.45, 2.75) is 148 Å². The highest BCUT2D eigenvalue weighted by molar-refractivity contribution is 7.00. The summed E-state index contributed by atoms with van der Waals surface area (Å²) >= 11 is 0. The first-order valence-electron chi connectivity index (χ1n) is 24.9. The molecule has 0 amide bonds. The van der Waals surface area contributed by atoms with Crippen LogP contribution in [0.2, 0.25) is 10.1 Å². The van der Waals surface area contributed by atoms with Gasteiger partial charge in [-0.25, -0.2) is 0 Å². The van der Waals surface area contributed by atoms with Gasteiger partial charge < -0.3 is 51.5 Å². The van der Waals surface area contributed by atoms with Crippen molar-refractivity contribution in [1.29, 1.82) is 0 Å². The van der Waals surface area contributed by atoms with E-state index in [1.165, 1.54) is 0 Å². The fourth-order valence-electron chi connectivity index (χ4n) is 10.3. The molecule has 0 N–H and O–H groups in total. The van der Waals surface area contributed by atoms with E-state index in [9.17, 15) is 28.8 Å². The smallest absolute Gasteiger partial charge is 0.303 e. The van der Waals surface area contributed by atoms with Crippen LogP contribution in [0.25, 0.3) is 0 Å². The van der Waals surface area contributed by atoms with Gasteiger partial charge in [-0.1, -0.05) is 163 Å². The Kier molecular flexibility index (Phi) is 18.8. The second-order valence-electron chi connectivity index (χ2n) is 20.7. The fourth-order valence-corrected chi connectivity index (χ4v) is 19.4. The van der Waals surface area contributed by atoms with Crippen molar-refractivity contribution in [3.8, 4) is 0 Å². The summed E-state index contributed by atoms with van der Waals surface area (Å²) in [6.07, 6.45) is -12.8. The van der Waals surface area contributed by atoms with Gasteiger partial charge in [-0.3, -0.25) is 28.8 Å². The van der Waals surface area contributed by atoms with Crippen LogP contribution in [-0.4, -0.2) is 127 Å². The molecular weight excluding hydrogens is 1000 g/mol. The minimum Gasteiger partial charge on any atom is -0.460 e. The Morgan fingerprint density at radius 2 is 0.800 bits per heavy atom. The van der Waals surface area contributed by atoms with Crippen LogP contribution < -0.4 is 20.7 Å². The summed E-state index contributed by atoms with van der Waals surface area (Å²) < 4.78 is 70.6. The fraction of sp³-hybridized carbons (Fsp3) is 0.464. The van der Waals surface area contributed by atoms with Crippen LogP contribution in [0.4, 0.5) is 0 Å². The number of carbonyl (C=O) groups is 6. The molecular formula is C56H70O17Si2. The highest BCUT2D eigenvalue weighted by atomic mass is 28.4. The van der Waals surface area contributed by atoms with Gasteiger partial charge in [0.1, 0.15) is 18.8 Å². The monoisotopic (exact) mass is 1070 g/mol. The van der Waals surface area contributed by atoms with E-state index in [0.29, 0.717) is 0 Å². The molecule has 4 aromatic carbocycles. The molecule has 6 rings (SSSR count). The third-order valence-electron chi connectivity index (χ3n) is 13.1. The van der Waals surface area contributed by atoms with E-state index in [-0.39, 0.29) is 13.2 Å². The number of rotatable bonds is 19. The second-order valence-corrected chi connectivity index (χ2v) is 29.3. The van der Waals surface area contributed by atoms with Gasteiger partial charge in [-0.05, 0) is 30.8 Å². The average Bonchev–Trinajstić information content (AvgIpc) is 3.60. The van der Waals surface area contributed by atoms with E-state index >= 15 is 0 Å². The van der Waals surface area contributed by atoms with Crippen LogP contribution in [0.5, 0.6) is 0 Å². The van der Waals surface area contributed by atoms with Crippen molar-refractivity contribution >= 4 is 73.2 Å². The zero-order valence-electron chi connectivity index (χ0n) is 44.7. The molecule has 0 spiro atoms. The molecule has 404 valence electrons. The van der Waals surface area contributed by atoms with Gasteiger partial charge in [0, 0.05) is 41.5 Å². The lowest BCUT2D eigenvalue weighted by atomic mass is 9.97. The first-order chi connectivity index (χ1) is 35.3. The Morgan fingerprint density at radius 1 is 0.453 bits per heavy atom. The van der Waals surface area contributed by atoms with E-state index in [0.717, 1.165) is 62.3 Å². The Bertz CT molecular complexity index is 2510. The molecule has 2 heterocycles. The van der Waals surface area contributed by atoms with Gasteiger partial charge in [0.25, 0.3) is 16.6 Å². The second kappa shape index (κ2) is 24.3. The van der Waals surface area contributed by atoms with Crippen molar-refractivity contribution in [1.82, 2.24) is 0 Å². The molecule has 0 bridgehead atoms. The molecule has 2 saturated heterocycles. The van der Waals surface area contributed by atoms with Gasteiger partial charge >= 0.3 is 35.8 Å². The Balaban J connectivity index is 1.53. The lowest BCUT2D eigenvalue weighted by Gasteiger charge is -2.48. The van der Waals surface area contributed by atoms with Crippen molar-refractivity contribution in [3.63, 3.8) is 0 Å². The topological polar surface area (TPSA) is 204 Å². The maximum Gasteiger partial charge on any atom is 0.303 e. The van der Waals surface area contributed by atoms with Crippen LogP contribution in [0.1, 0.15) is 83.1 Å². The predicted octanol–water partition coefficient (Wildman–Crippen LogP) is 5.20. The van der Waals surface area contributed by atoms with Crippen LogP contribution >= 0.6 is 0 Å². The van der Waals surface area contributed by atoms with Crippen LogP contribution in [-0.2, 0) is 80.3 Å². The third kappa shape index (κ3) is 13.1. The normalized spacial score (nSPS) is 24.1. The summed E-state index contributed by atoms with van der Waals surface area (Å²) in [5.41, 5.74) is 0. The predicted molar refractivity (Wildman–Crippen MR) is 279 cm³/mol. The Hall–Kier alpha value is -6.07. The van der Waals surface area contributed by atoms with Crippen molar-refractivity contribution < 1.29 is 80.3 Å². The summed E-state index contributed by atoms with van der Waals surface area (Å²) in [7, 11) is -6.78. The van der Waals surface area contributed by atoms with Crippen LogP contribution in [0.3, 0.4) is 0 Å². The van der Waals surface area contributed by atoms with Gasteiger partial charge in [-0.2, -0.15) is 0 Å². The molecule has 0 saturated carbocycles. The number of carbonyl (C=O) groups excluding carboxylic acids is 6. The zero-order chi connectivity index (χ0) is 54.9. The van der Waals surface area contributed by atoms with Crippen molar-refractivity contribution in [2.75, 3.05) is 19.8 Å². The van der Waals surface area contributed by atoms with Gasteiger partial charge in [0.2, 0.25) is 12.1 Å². The quantitative estimate of drug-likeness (QED) is 0.0673. The highest BCUT2D eigenvalue weighted by Gasteiger charge is 2.66. The summed E-state index contributed by atoms with van der Waals surface area (Å²) in [4.78, 5) is 78.9. The first-order valence-corrected chi connectivity index (χ1v) is 28.7. The minimum atomic E-state index is -3.40. The van der Waals surface area contributed by atoms with E-state index in [1.807, 2.05) is 121 Å². The van der Waals surface area contributed by atoms with Crippen molar-refractivity contribution in [2.24, 2.45) is 0 Å². The molecule has 0 aliphatic carbocycles. The lowest BCUT2D eigenvalue weighted by Crippen LogP contribution is -2.69. The standard InChI is InChI=1S/C56H70O17Si2/c1-36(57)63-35-56(52(70-41(6)62)49(67-38(3)59)47(72-56)34-65-75(55(10,11)12,44-29-21-15-22-30-44)45-31-23-16-24-32-45)73-53-51(69-40(5)61)50(68-39(4)60)48(66-37(2)58)46(71-53)33-64-74(54(7,8)9,42-25-17-13-18-26-42)43-27-19-14-20-28-43/h13-32,46-53H,33-35H2,1-12H3/t46-,47-,48-,49-,50+,51-,52+,53-,56+/m1/s1. The van der Waals surface area contributed by atoms with Gasteiger partial charge in [0.05, 0.1) is 13.2 Å². The maximum atomic E-state index is 13.3. The minimum absolute atomic E-state index is 0.313. The summed E-state index contributed by atoms with van der Waals surface area (Å²) in [5.74, 6) is -7.53. The van der Waals surface area contributed by atoms with E-state index < -0.39 is 124 Å². The molecule has 75 heavy (non-hydrogen) atoms. The Labute approximate surface area is 440 Å². The number of ether oxygens (including phenoxy) is 9. The molecule has 0 unspecified atom stereocenters. The molecule has 9 atom stereocenters. The number of esters is 6. The lowest BCUT2D eigenvalue weighted by molar-refractivity contribution is -0.383. The SMILES string of the molecule is CC(=O)OC[C@@]1(O[C@H]2O[C@H](CO[Si](c3ccccc3)(c3ccccc3)C(C)(C)C)[C@@H](OC(C)=O)[C@H](OC(C)=O)[C@H]2OC(C)=O)O[C@H](CO[Si](c2ccccc2)(c2ccccc2)C(C)(C)C)[C@@H](OC(C)=O)[C@@H]1OC(C)=O. The van der Waals surface area contributed by atoms with E-state index in [4.69, 9.17) is 51.5 Å². The van der Waals surface area contributed by atoms with Gasteiger partial charge in [-0.15, -0.1) is 0 Å². The van der Waals surface area contributed by atoms with Crippen molar-refractivity contribution in [3.05, 3.63) is 121 Å². The molecule has 4 aromatic rings. The van der Waals surface area contributed by atoms with Gasteiger partial charge in [0.15, 0.2) is 30.5 Å². The molecule has 2 aliphatic rings. The molecule has 17 nitrogen and oxygen atoms in total. The number of hydrogen-bond donors (Lipinski definition) is 0. The van der Waals surface area contributed by atoms with E-state index in [2.05, 4.69) is 41.5 Å². The summed E-state index contributed by atoms with van der Waals surface area (Å²) in [6, 6.07) is 38.8. The Morgan fingerprint density at radius 3 is 1.16 bits per heavy atom. The molecule has 0 radical (unpaired) electrons. The maximum absolute atomic E-state index is 13.3. The van der Waals surface area contributed by atoms with Crippen LogP contribution in [0.15, 0.2) is 121 Å². The average molecular weight is 1070 g/mol. The third-order valence-corrected chi connectivity index (χ3v) is 23.1. The molecule has 2 aliphatic heterocycles. The highest BCUT2D eigenvalue weighted by Crippen LogP contribution is 2.44. The molecule has 0 aromatic heterocycles. The largest absolute Gasteiger partial charge is 0.460 e. The first kappa shape index (κ1) is 58.2. The number of benzene rings is 4.